The summed E-state index contributed by atoms with van der Waals surface area (Å²) in [5, 5.41) is 4.28. The number of aromatic nitrogens is 2. The molecular weight excluding hydrogens is 412 g/mol. The van der Waals surface area contributed by atoms with E-state index < -0.39 is 10.0 Å². The van der Waals surface area contributed by atoms with Gasteiger partial charge >= 0.3 is 0 Å². The number of ether oxygens (including phenoxy) is 1. The molecule has 0 aliphatic rings. The Hall–Kier alpha value is -2.69. The van der Waals surface area contributed by atoms with Gasteiger partial charge in [0.25, 0.3) is 0 Å². The highest BCUT2D eigenvalue weighted by Crippen LogP contribution is 2.29. The van der Waals surface area contributed by atoms with Crippen molar-refractivity contribution in [2.45, 2.75) is 9.92 Å². The highest BCUT2D eigenvalue weighted by atomic mass is 32.2. The summed E-state index contributed by atoms with van der Waals surface area (Å²) in [6.07, 6.45) is 1.46. The number of nitrogens with one attached hydrogen (secondary N) is 1. The van der Waals surface area contributed by atoms with E-state index in [0.717, 1.165) is 15.2 Å². The molecule has 0 spiro atoms. The van der Waals surface area contributed by atoms with Gasteiger partial charge < -0.3 is 10.1 Å². The van der Waals surface area contributed by atoms with E-state index in [1.165, 1.54) is 57.5 Å². The maximum atomic E-state index is 12.5. The van der Waals surface area contributed by atoms with Crippen LogP contribution >= 0.6 is 11.8 Å². The van der Waals surface area contributed by atoms with Gasteiger partial charge in [0.15, 0.2) is 0 Å². The van der Waals surface area contributed by atoms with Crippen LogP contribution in [0.4, 0.5) is 5.69 Å². The predicted octanol–water partition coefficient (Wildman–Crippen LogP) is 2.62. The summed E-state index contributed by atoms with van der Waals surface area (Å²) < 4.78 is 31.1. The quantitative estimate of drug-likeness (QED) is 0.452. The van der Waals surface area contributed by atoms with Crippen LogP contribution in [0.15, 0.2) is 58.7 Å². The summed E-state index contributed by atoms with van der Waals surface area (Å²) in [7, 11) is 0.706. The van der Waals surface area contributed by atoms with Crippen molar-refractivity contribution in [3.05, 3.63) is 48.8 Å². The summed E-state index contributed by atoms with van der Waals surface area (Å²) >= 11 is 1.27. The molecule has 0 fully saturated rings. The number of anilines is 1. The molecule has 1 heterocycles. The number of rotatable bonds is 7. The SMILES string of the molecule is COc1ccc(S(=O)(=O)N(C)C)cc1NC(=O)CSc1ncnc2ccccc12. The molecule has 1 N–H and O–H groups in total. The lowest BCUT2D eigenvalue weighted by Gasteiger charge is -2.15. The molecule has 8 nitrogen and oxygen atoms in total. The molecule has 0 radical (unpaired) electrons. The normalized spacial score (nSPS) is 11.6. The van der Waals surface area contributed by atoms with Crippen molar-refractivity contribution in [3.8, 4) is 5.75 Å². The van der Waals surface area contributed by atoms with Crippen LogP contribution in [0.5, 0.6) is 5.75 Å². The van der Waals surface area contributed by atoms with Gasteiger partial charge in [-0.05, 0) is 24.3 Å². The lowest BCUT2D eigenvalue weighted by Crippen LogP contribution is -2.22. The largest absolute Gasteiger partial charge is 0.495 e. The zero-order valence-electron chi connectivity index (χ0n) is 16.1. The molecule has 0 unspecified atom stereocenters. The van der Waals surface area contributed by atoms with E-state index in [0.29, 0.717) is 10.8 Å². The van der Waals surface area contributed by atoms with E-state index in [1.54, 1.807) is 0 Å². The molecule has 1 amide bonds. The van der Waals surface area contributed by atoms with Gasteiger partial charge in [-0.25, -0.2) is 22.7 Å². The molecule has 0 saturated carbocycles. The van der Waals surface area contributed by atoms with Gasteiger partial charge in [0.05, 0.1) is 29.0 Å². The average molecular weight is 433 g/mol. The number of carbonyl (C=O) groups is 1. The van der Waals surface area contributed by atoms with Gasteiger partial charge in [0, 0.05) is 19.5 Å². The molecule has 0 aliphatic heterocycles. The summed E-state index contributed by atoms with van der Waals surface area (Å²) in [4.78, 5) is 21.0. The van der Waals surface area contributed by atoms with Crippen LogP contribution in [-0.2, 0) is 14.8 Å². The Labute approximate surface area is 173 Å². The first-order valence-corrected chi connectivity index (χ1v) is 11.0. The van der Waals surface area contributed by atoms with Gasteiger partial charge in [0.1, 0.15) is 17.1 Å². The number of para-hydroxylation sites is 1. The van der Waals surface area contributed by atoms with Gasteiger partial charge in [-0.1, -0.05) is 30.0 Å². The number of fused-ring (bicyclic) bond motifs is 1. The molecule has 29 heavy (non-hydrogen) atoms. The minimum absolute atomic E-state index is 0.0630. The fraction of sp³-hybridized carbons (Fsp3) is 0.211. The molecule has 2 aromatic carbocycles. The number of thioether (sulfide) groups is 1. The molecule has 0 saturated heterocycles. The van der Waals surface area contributed by atoms with Crippen molar-refractivity contribution in [1.82, 2.24) is 14.3 Å². The summed E-state index contributed by atoms with van der Waals surface area (Å²) in [6.45, 7) is 0. The zero-order valence-corrected chi connectivity index (χ0v) is 17.8. The fourth-order valence-corrected chi connectivity index (χ4v) is 4.29. The van der Waals surface area contributed by atoms with Gasteiger partial charge in [0.2, 0.25) is 15.9 Å². The van der Waals surface area contributed by atoms with Crippen molar-refractivity contribution in [1.29, 1.82) is 0 Å². The van der Waals surface area contributed by atoms with E-state index in [4.69, 9.17) is 4.74 Å². The third kappa shape index (κ3) is 4.66. The number of hydrogen-bond acceptors (Lipinski definition) is 7. The molecule has 10 heteroatoms. The van der Waals surface area contributed by atoms with Crippen LogP contribution in [0.3, 0.4) is 0 Å². The topological polar surface area (TPSA) is 101 Å². The Kier molecular flexibility index (Phi) is 6.36. The van der Waals surface area contributed by atoms with Crippen LogP contribution in [-0.4, -0.2) is 55.6 Å². The minimum atomic E-state index is -3.64. The van der Waals surface area contributed by atoms with Crippen molar-refractivity contribution >= 4 is 44.3 Å². The molecule has 0 atom stereocenters. The number of nitrogens with zero attached hydrogens (tertiary/aromatic N) is 3. The lowest BCUT2D eigenvalue weighted by molar-refractivity contribution is -0.113. The van der Waals surface area contributed by atoms with Crippen molar-refractivity contribution in [3.63, 3.8) is 0 Å². The summed E-state index contributed by atoms with van der Waals surface area (Å²) in [5.41, 5.74) is 1.09. The van der Waals surface area contributed by atoms with Crippen LogP contribution < -0.4 is 10.1 Å². The van der Waals surface area contributed by atoms with Crippen LogP contribution in [0.25, 0.3) is 10.9 Å². The highest BCUT2D eigenvalue weighted by Gasteiger charge is 2.20. The Bertz CT molecular complexity index is 1140. The van der Waals surface area contributed by atoms with E-state index in [9.17, 15) is 13.2 Å². The van der Waals surface area contributed by atoms with E-state index >= 15 is 0 Å². The second kappa shape index (κ2) is 8.76. The fourth-order valence-electron chi connectivity index (χ4n) is 2.57. The van der Waals surface area contributed by atoms with E-state index in [2.05, 4.69) is 15.3 Å². The highest BCUT2D eigenvalue weighted by molar-refractivity contribution is 8.00. The maximum Gasteiger partial charge on any atom is 0.242 e. The molecule has 3 rings (SSSR count). The first kappa shape index (κ1) is 21.0. The smallest absolute Gasteiger partial charge is 0.242 e. The van der Waals surface area contributed by atoms with Gasteiger partial charge in [-0.2, -0.15) is 0 Å². The Balaban J connectivity index is 1.78. The monoisotopic (exact) mass is 432 g/mol. The average Bonchev–Trinajstić information content (AvgIpc) is 2.72. The number of carbonyl (C=O) groups excluding carboxylic acids is 1. The molecule has 0 bridgehead atoms. The summed E-state index contributed by atoms with van der Waals surface area (Å²) in [5.74, 6) is 0.151. The van der Waals surface area contributed by atoms with Gasteiger partial charge in [-0.15, -0.1) is 0 Å². The van der Waals surface area contributed by atoms with Crippen molar-refractivity contribution in [2.75, 3.05) is 32.3 Å². The number of benzene rings is 2. The van der Waals surface area contributed by atoms with Crippen molar-refractivity contribution in [2.24, 2.45) is 0 Å². The second-order valence-electron chi connectivity index (χ2n) is 6.18. The number of amides is 1. The molecule has 1 aromatic heterocycles. The Morgan fingerprint density at radius 1 is 1.17 bits per heavy atom. The number of methoxy groups -OCH3 is 1. The molecule has 0 aliphatic carbocycles. The molecule has 152 valence electrons. The minimum Gasteiger partial charge on any atom is -0.495 e. The van der Waals surface area contributed by atoms with Crippen LogP contribution in [0.1, 0.15) is 0 Å². The zero-order chi connectivity index (χ0) is 21.0. The summed E-state index contributed by atoms with van der Waals surface area (Å²) in [6, 6.07) is 11.9. The van der Waals surface area contributed by atoms with Crippen LogP contribution in [0, 0.1) is 0 Å². The Morgan fingerprint density at radius 2 is 1.93 bits per heavy atom. The second-order valence-corrected chi connectivity index (χ2v) is 9.30. The first-order chi connectivity index (χ1) is 13.8. The van der Waals surface area contributed by atoms with E-state index in [-0.39, 0.29) is 22.2 Å². The van der Waals surface area contributed by atoms with E-state index in [1.807, 2.05) is 24.3 Å². The molecule has 3 aromatic rings. The van der Waals surface area contributed by atoms with Crippen LogP contribution in [0.2, 0.25) is 0 Å². The third-order valence-electron chi connectivity index (χ3n) is 4.07. The van der Waals surface area contributed by atoms with Gasteiger partial charge in [-0.3, -0.25) is 4.79 Å². The third-order valence-corrected chi connectivity index (χ3v) is 6.89. The number of sulfonamides is 1. The predicted molar refractivity (Wildman–Crippen MR) is 113 cm³/mol. The standard InChI is InChI=1S/C19H20N4O4S2/c1-23(2)29(25,26)13-8-9-17(27-3)16(10-13)22-18(24)11-28-19-14-6-4-5-7-15(14)20-12-21-19/h4-10,12H,11H2,1-3H3,(H,22,24). The maximum absolute atomic E-state index is 12.5. The Morgan fingerprint density at radius 3 is 2.66 bits per heavy atom. The number of hydrogen-bond donors (Lipinski definition) is 1. The first-order valence-electron chi connectivity index (χ1n) is 8.56. The van der Waals surface area contributed by atoms with Crippen molar-refractivity contribution < 1.29 is 17.9 Å². The molecular formula is C19H20N4O4S2. The lowest BCUT2D eigenvalue weighted by atomic mass is 10.2.